The van der Waals surface area contributed by atoms with Gasteiger partial charge < -0.3 is 10.5 Å². The van der Waals surface area contributed by atoms with Crippen molar-refractivity contribution in [2.24, 2.45) is 5.16 Å². The Balaban J connectivity index is 1.73. The molecule has 7 nitrogen and oxygen atoms in total. The van der Waals surface area contributed by atoms with Crippen molar-refractivity contribution in [1.29, 1.82) is 0 Å². The molecule has 0 radical (unpaired) electrons. The van der Waals surface area contributed by atoms with Crippen molar-refractivity contribution in [2.75, 3.05) is 0 Å². The monoisotopic (exact) mass is 548 g/mol. The second-order valence-electron chi connectivity index (χ2n) is 9.85. The van der Waals surface area contributed by atoms with Gasteiger partial charge in [-0.3, -0.25) is 14.2 Å². The highest BCUT2D eigenvalue weighted by Gasteiger charge is 2.18. The van der Waals surface area contributed by atoms with Gasteiger partial charge in [0.05, 0.1) is 11.4 Å². The first kappa shape index (κ1) is 29.2. The Labute approximate surface area is 240 Å². The number of amidine groups is 1. The first-order valence-electron chi connectivity index (χ1n) is 13.9. The van der Waals surface area contributed by atoms with Crippen molar-refractivity contribution in [3.05, 3.63) is 123 Å². The Hall–Kier alpha value is -4.78. The van der Waals surface area contributed by atoms with Crippen LogP contribution in [0.5, 0.6) is 0 Å². The third-order valence-corrected chi connectivity index (χ3v) is 7.25. The van der Waals surface area contributed by atoms with E-state index in [1.54, 1.807) is 10.6 Å². The van der Waals surface area contributed by atoms with E-state index >= 15 is 0 Å². The van der Waals surface area contributed by atoms with E-state index in [4.69, 9.17) is 4.98 Å². The molecule has 4 aromatic rings. The van der Waals surface area contributed by atoms with Gasteiger partial charge in [0.1, 0.15) is 5.82 Å². The van der Waals surface area contributed by atoms with Gasteiger partial charge in [0.2, 0.25) is 6.41 Å². The van der Waals surface area contributed by atoms with Crippen LogP contribution in [0.25, 0.3) is 22.0 Å². The molecule has 1 aromatic heterocycles. The van der Waals surface area contributed by atoms with Crippen LogP contribution in [0.4, 0.5) is 0 Å². The number of hydrogen-bond donors (Lipinski definition) is 2. The number of allylic oxidation sites excluding steroid dienone is 2. The minimum absolute atomic E-state index is 0.0444. The van der Waals surface area contributed by atoms with Gasteiger partial charge in [-0.2, -0.15) is 0 Å². The zero-order valence-electron chi connectivity index (χ0n) is 24.0. The van der Waals surface area contributed by atoms with Crippen molar-refractivity contribution >= 4 is 28.6 Å². The Morgan fingerprint density at radius 2 is 1.76 bits per heavy atom. The summed E-state index contributed by atoms with van der Waals surface area (Å²) in [5.74, 6) is 0.748. The normalized spacial score (nSPS) is 12.5. The number of nitrogens with zero attached hydrogens (tertiary/aromatic N) is 3. The summed E-state index contributed by atoms with van der Waals surface area (Å²) in [7, 11) is 0. The van der Waals surface area contributed by atoms with Gasteiger partial charge in [0.25, 0.3) is 5.56 Å². The van der Waals surface area contributed by atoms with Crippen molar-refractivity contribution in [3.63, 3.8) is 0 Å². The van der Waals surface area contributed by atoms with Gasteiger partial charge in [-0.15, -0.1) is 0 Å². The molecule has 0 aliphatic heterocycles. The summed E-state index contributed by atoms with van der Waals surface area (Å²) in [6.07, 6.45) is 7.33. The van der Waals surface area contributed by atoms with Crippen molar-refractivity contribution in [3.8, 4) is 5.69 Å². The quantitative estimate of drug-likeness (QED) is 0.0590. The number of amides is 1. The fourth-order valence-corrected chi connectivity index (χ4v) is 5.19. The molecule has 0 saturated heterocycles. The third-order valence-electron chi connectivity index (χ3n) is 7.25. The maximum Gasteiger partial charge on any atom is 0.261 e. The number of fused-ring (bicyclic) bond motifs is 1. The molecule has 0 aliphatic carbocycles. The maximum atomic E-state index is 14.1. The minimum atomic E-state index is -0.0444. The number of carbonyl (C=O) groups excluding carboxylic acids is 1. The van der Waals surface area contributed by atoms with Crippen LogP contribution in [0.3, 0.4) is 0 Å². The van der Waals surface area contributed by atoms with E-state index < -0.39 is 0 Å². The molecule has 0 bridgehead atoms. The van der Waals surface area contributed by atoms with Crippen molar-refractivity contribution < 1.29 is 10.0 Å². The van der Waals surface area contributed by atoms with Gasteiger partial charge in [-0.1, -0.05) is 85.2 Å². The molecule has 1 amide bonds. The largest absolute Gasteiger partial charge is 0.409 e. The third kappa shape index (κ3) is 6.35. The van der Waals surface area contributed by atoms with Crippen LogP contribution in [-0.2, 0) is 17.6 Å². The molecular formula is C34H36N4O3. The highest BCUT2D eigenvalue weighted by Crippen LogP contribution is 2.25. The van der Waals surface area contributed by atoms with Crippen LogP contribution in [0, 0.1) is 6.92 Å². The summed E-state index contributed by atoms with van der Waals surface area (Å²) in [5.41, 5.74) is 5.59. The molecule has 210 valence electrons. The fourth-order valence-electron chi connectivity index (χ4n) is 5.19. The van der Waals surface area contributed by atoms with Crippen LogP contribution in [0.15, 0.2) is 94.4 Å². The zero-order valence-corrected chi connectivity index (χ0v) is 24.0. The van der Waals surface area contributed by atoms with Crippen molar-refractivity contribution in [2.45, 2.75) is 53.4 Å². The molecule has 0 spiro atoms. The maximum absolute atomic E-state index is 14.1. The predicted octanol–water partition coefficient (Wildman–Crippen LogP) is 6.51. The second-order valence-corrected chi connectivity index (χ2v) is 9.85. The highest BCUT2D eigenvalue weighted by molar-refractivity contribution is 6.14. The van der Waals surface area contributed by atoms with Gasteiger partial charge in [0.15, 0.2) is 5.84 Å². The first-order valence-corrected chi connectivity index (χ1v) is 13.9. The number of nitrogens with one attached hydrogen (secondary N) is 1. The lowest BCUT2D eigenvalue weighted by Gasteiger charge is -2.17. The number of oxime groups is 1. The molecular weight excluding hydrogens is 512 g/mol. The summed E-state index contributed by atoms with van der Waals surface area (Å²) in [5, 5.41) is 17.3. The molecule has 1 heterocycles. The molecule has 3 aromatic carbocycles. The summed E-state index contributed by atoms with van der Waals surface area (Å²) in [6, 6.07) is 22.1. The average molecular weight is 549 g/mol. The minimum Gasteiger partial charge on any atom is -0.409 e. The molecule has 7 heteroatoms. The summed E-state index contributed by atoms with van der Waals surface area (Å²) in [6.45, 7) is 7.73. The first-order chi connectivity index (χ1) is 19.9. The van der Waals surface area contributed by atoms with E-state index in [2.05, 4.69) is 23.5 Å². The number of benzene rings is 3. The summed E-state index contributed by atoms with van der Waals surface area (Å²) >= 11 is 0. The highest BCUT2D eigenvalue weighted by atomic mass is 16.4. The van der Waals surface area contributed by atoms with Crippen LogP contribution >= 0.6 is 0 Å². The Bertz CT molecular complexity index is 1700. The number of carbonyl (C=O) groups is 1. The Morgan fingerprint density at radius 1 is 1.02 bits per heavy atom. The molecule has 41 heavy (non-hydrogen) atoms. The van der Waals surface area contributed by atoms with Gasteiger partial charge >= 0.3 is 0 Å². The van der Waals surface area contributed by atoms with Crippen LogP contribution < -0.4 is 10.9 Å². The topological polar surface area (TPSA) is 96.6 Å². The summed E-state index contributed by atoms with van der Waals surface area (Å²) < 4.78 is 1.72. The Kier molecular flexibility index (Phi) is 9.64. The molecule has 0 fully saturated rings. The van der Waals surface area contributed by atoms with E-state index in [-0.39, 0.29) is 11.4 Å². The van der Waals surface area contributed by atoms with Crippen molar-refractivity contribution in [1.82, 2.24) is 14.9 Å². The van der Waals surface area contributed by atoms with E-state index in [9.17, 15) is 14.8 Å². The van der Waals surface area contributed by atoms with Gasteiger partial charge in [-0.25, -0.2) is 4.98 Å². The van der Waals surface area contributed by atoms with Gasteiger partial charge in [-0.05, 0) is 73.2 Å². The molecule has 4 rings (SSSR count). The number of unbranched alkanes of at least 4 members (excludes halogenated alkanes) is 1. The lowest BCUT2D eigenvalue weighted by Crippen LogP contribution is -2.28. The van der Waals surface area contributed by atoms with E-state index in [0.29, 0.717) is 29.8 Å². The molecule has 0 atom stereocenters. The van der Waals surface area contributed by atoms with Crippen LogP contribution in [-0.4, -0.2) is 27.0 Å². The standard InChI is InChI=1S/C34H36N4O3/c1-5-8-13-32-31(34(40)38(23(4)36-32)28-19-18-25-11-9-10-12-27(25)21-28)20-24-14-16-26(17-15-24)29(6-2)30(7-3)33(37-41)35-22-39/h6-7,9-12,14-19,21-22,41H,5,8,13,20H2,1-4H3,(H,35,37,39)/b29-6-,30-7+. The van der Waals surface area contributed by atoms with E-state index in [0.717, 1.165) is 58.1 Å². The van der Waals surface area contributed by atoms with Gasteiger partial charge in [0, 0.05) is 17.6 Å². The molecule has 0 saturated carbocycles. The smallest absolute Gasteiger partial charge is 0.261 e. The second kappa shape index (κ2) is 13.5. The zero-order chi connectivity index (χ0) is 29.4. The van der Waals surface area contributed by atoms with Crippen LogP contribution in [0.2, 0.25) is 0 Å². The SMILES string of the molecule is C\C=C(C(=C\C)/C(=N/O)NC=O)\c1ccc(Cc2c(CCCC)nc(C)n(-c3ccc4ccccc4c3)c2=O)cc1. The molecule has 0 unspecified atom stereocenters. The molecule has 0 aliphatic rings. The van der Waals surface area contributed by atoms with E-state index in [1.165, 1.54) is 0 Å². The van der Waals surface area contributed by atoms with E-state index in [1.807, 2.05) is 87.5 Å². The lowest BCUT2D eigenvalue weighted by atomic mass is 9.94. The fraction of sp³-hybridized carbons (Fsp3) is 0.235. The predicted molar refractivity (Wildman–Crippen MR) is 166 cm³/mol. The molecule has 2 N–H and O–H groups in total. The number of rotatable bonds is 10. The van der Waals surface area contributed by atoms with Crippen LogP contribution in [0.1, 0.15) is 61.8 Å². The number of aromatic nitrogens is 2. The number of aryl methyl sites for hydroxylation is 2. The number of hydrogen-bond acceptors (Lipinski definition) is 5. The average Bonchev–Trinajstić information content (AvgIpc) is 2.99. The lowest BCUT2D eigenvalue weighted by molar-refractivity contribution is -0.108. The summed E-state index contributed by atoms with van der Waals surface area (Å²) in [4.78, 5) is 30.0. The Morgan fingerprint density at radius 3 is 2.39 bits per heavy atom.